The van der Waals surface area contributed by atoms with Crippen LogP contribution in [-0.4, -0.2) is 47.7 Å². The molecule has 2 heterocycles. The molecule has 104 valence electrons. The van der Waals surface area contributed by atoms with Crippen LogP contribution in [0.25, 0.3) is 0 Å². The molecule has 0 saturated carbocycles. The fourth-order valence-corrected chi connectivity index (χ4v) is 3.09. The summed E-state index contributed by atoms with van der Waals surface area (Å²) in [6.07, 6.45) is 5.80. The normalized spacial score (nSPS) is 30.4. The topological polar surface area (TPSA) is 52.6 Å². The summed E-state index contributed by atoms with van der Waals surface area (Å²) < 4.78 is 0. The van der Waals surface area contributed by atoms with E-state index in [2.05, 4.69) is 5.32 Å². The number of hydrogen-bond acceptors (Lipinski definition) is 3. The zero-order valence-corrected chi connectivity index (χ0v) is 11.5. The lowest BCUT2D eigenvalue weighted by atomic mass is 9.92. The lowest BCUT2D eigenvalue weighted by Gasteiger charge is -2.37. The number of likely N-dealkylation sites (tertiary alicyclic amines) is 1. The zero-order valence-electron chi connectivity index (χ0n) is 11.5. The monoisotopic (exact) mass is 254 g/mol. The van der Waals surface area contributed by atoms with E-state index in [0.717, 1.165) is 38.9 Å². The average Bonchev–Trinajstić information content (AvgIpc) is 2.36. The largest absolute Gasteiger partial charge is 0.388 e. The molecule has 0 bridgehead atoms. The molecule has 4 heteroatoms. The van der Waals surface area contributed by atoms with Crippen LogP contribution in [0.2, 0.25) is 0 Å². The maximum atomic E-state index is 12.1. The second kappa shape index (κ2) is 6.02. The van der Waals surface area contributed by atoms with Crippen LogP contribution in [0.1, 0.15) is 45.4 Å². The quantitative estimate of drug-likeness (QED) is 0.794. The number of carbonyl (C=O) groups excluding carboxylic acids is 1. The Hall–Kier alpha value is -0.610. The maximum absolute atomic E-state index is 12.1. The van der Waals surface area contributed by atoms with Gasteiger partial charge in [-0.3, -0.25) is 4.79 Å². The lowest BCUT2D eigenvalue weighted by molar-refractivity contribution is -0.137. The van der Waals surface area contributed by atoms with Crippen LogP contribution in [0, 0.1) is 5.92 Å². The third-order valence-electron chi connectivity index (χ3n) is 4.25. The van der Waals surface area contributed by atoms with Gasteiger partial charge in [0.05, 0.1) is 5.60 Å². The van der Waals surface area contributed by atoms with E-state index in [0.29, 0.717) is 18.9 Å². The van der Waals surface area contributed by atoms with E-state index >= 15 is 0 Å². The van der Waals surface area contributed by atoms with Crippen LogP contribution in [0.3, 0.4) is 0 Å². The first-order valence-electron chi connectivity index (χ1n) is 7.28. The van der Waals surface area contributed by atoms with E-state index in [-0.39, 0.29) is 5.91 Å². The standard InChI is InChI=1S/C14H26N2O2/c1-14(18)7-2-10-16(11-14)13(17)4-3-12-5-8-15-9-6-12/h12,15,18H,2-11H2,1H3. The minimum Gasteiger partial charge on any atom is -0.388 e. The minimum absolute atomic E-state index is 0.230. The maximum Gasteiger partial charge on any atom is 0.222 e. The van der Waals surface area contributed by atoms with Crippen molar-refractivity contribution in [2.45, 2.75) is 51.0 Å². The number of carbonyl (C=O) groups is 1. The molecule has 0 spiro atoms. The molecule has 2 saturated heterocycles. The molecule has 2 aliphatic rings. The summed E-state index contributed by atoms with van der Waals surface area (Å²) in [5.74, 6) is 0.939. The molecule has 4 nitrogen and oxygen atoms in total. The highest BCUT2D eigenvalue weighted by Gasteiger charge is 2.30. The van der Waals surface area contributed by atoms with Crippen molar-refractivity contribution >= 4 is 5.91 Å². The predicted molar refractivity (Wildman–Crippen MR) is 71.3 cm³/mol. The van der Waals surface area contributed by atoms with Gasteiger partial charge in [-0.25, -0.2) is 0 Å². The molecule has 2 rings (SSSR count). The predicted octanol–water partition coefficient (Wildman–Crippen LogP) is 1.14. The first-order chi connectivity index (χ1) is 8.57. The molecule has 0 aromatic heterocycles. The summed E-state index contributed by atoms with van der Waals surface area (Å²) in [5, 5.41) is 13.4. The molecule has 0 aromatic carbocycles. The molecule has 0 radical (unpaired) electrons. The van der Waals surface area contributed by atoms with Gasteiger partial charge in [0.15, 0.2) is 0 Å². The van der Waals surface area contributed by atoms with Crippen molar-refractivity contribution in [3.8, 4) is 0 Å². The van der Waals surface area contributed by atoms with Gasteiger partial charge in [-0.15, -0.1) is 0 Å². The first-order valence-corrected chi connectivity index (χ1v) is 7.28. The number of nitrogens with zero attached hydrogens (tertiary/aromatic N) is 1. The summed E-state index contributed by atoms with van der Waals surface area (Å²) in [4.78, 5) is 14.0. The molecule has 0 aromatic rings. The molecule has 2 fully saturated rings. The van der Waals surface area contributed by atoms with Crippen molar-refractivity contribution < 1.29 is 9.90 Å². The van der Waals surface area contributed by atoms with Crippen molar-refractivity contribution in [2.24, 2.45) is 5.92 Å². The number of aliphatic hydroxyl groups is 1. The molecule has 1 unspecified atom stereocenters. The van der Waals surface area contributed by atoms with Crippen LogP contribution < -0.4 is 5.32 Å². The van der Waals surface area contributed by atoms with E-state index in [4.69, 9.17) is 0 Å². The number of β-amino-alcohol motifs (C(OH)–C–C–N with tert-alkyl or cyclic N) is 1. The Morgan fingerprint density at radius 1 is 1.44 bits per heavy atom. The van der Waals surface area contributed by atoms with Crippen molar-refractivity contribution in [1.29, 1.82) is 0 Å². The fourth-order valence-electron chi connectivity index (χ4n) is 3.09. The van der Waals surface area contributed by atoms with Gasteiger partial charge < -0.3 is 15.3 Å². The summed E-state index contributed by atoms with van der Waals surface area (Å²) in [5.41, 5.74) is -0.678. The van der Waals surface area contributed by atoms with Crippen LogP contribution in [0.15, 0.2) is 0 Å². The summed E-state index contributed by atoms with van der Waals surface area (Å²) in [6, 6.07) is 0. The van der Waals surface area contributed by atoms with Crippen LogP contribution in [0.4, 0.5) is 0 Å². The highest BCUT2D eigenvalue weighted by atomic mass is 16.3. The molecule has 1 atom stereocenters. The second-order valence-corrected chi connectivity index (χ2v) is 6.15. The first kappa shape index (κ1) is 13.8. The van der Waals surface area contributed by atoms with E-state index in [1.807, 2.05) is 11.8 Å². The number of amides is 1. The molecular formula is C14H26N2O2. The van der Waals surface area contributed by atoms with Gasteiger partial charge in [0.2, 0.25) is 5.91 Å². The molecule has 0 aliphatic carbocycles. The van der Waals surface area contributed by atoms with E-state index < -0.39 is 5.60 Å². The third kappa shape index (κ3) is 3.95. The van der Waals surface area contributed by atoms with Crippen molar-refractivity contribution in [3.63, 3.8) is 0 Å². The van der Waals surface area contributed by atoms with Crippen molar-refractivity contribution in [3.05, 3.63) is 0 Å². The SMILES string of the molecule is CC1(O)CCCN(C(=O)CCC2CCNCC2)C1. The minimum atomic E-state index is -0.678. The molecular weight excluding hydrogens is 228 g/mol. The average molecular weight is 254 g/mol. The summed E-state index contributed by atoms with van der Waals surface area (Å²) in [7, 11) is 0. The Morgan fingerprint density at radius 2 is 2.17 bits per heavy atom. The molecule has 2 aliphatic heterocycles. The van der Waals surface area contributed by atoms with Gasteiger partial charge in [-0.05, 0) is 58.0 Å². The van der Waals surface area contributed by atoms with Gasteiger partial charge in [-0.2, -0.15) is 0 Å². The molecule has 2 N–H and O–H groups in total. The van der Waals surface area contributed by atoms with Crippen LogP contribution in [0.5, 0.6) is 0 Å². The van der Waals surface area contributed by atoms with Crippen LogP contribution >= 0.6 is 0 Å². The summed E-state index contributed by atoms with van der Waals surface area (Å²) in [6.45, 7) is 5.35. The van der Waals surface area contributed by atoms with E-state index in [9.17, 15) is 9.90 Å². The van der Waals surface area contributed by atoms with Gasteiger partial charge in [0.25, 0.3) is 0 Å². The Kier molecular flexibility index (Phi) is 4.62. The Bertz CT molecular complexity index is 286. The fraction of sp³-hybridized carbons (Fsp3) is 0.929. The molecule has 1 amide bonds. The zero-order chi connectivity index (χ0) is 13.0. The second-order valence-electron chi connectivity index (χ2n) is 6.15. The van der Waals surface area contributed by atoms with Gasteiger partial charge >= 0.3 is 0 Å². The highest BCUT2D eigenvalue weighted by molar-refractivity contribution is 5.76. The van der Waals surface area contributed by atoms with Gasteiger partial charge in [0, 0.05) is 19.5 Å². The summed E-state index contributed by atoms with van der Waals surface area (Å²) >= 11 is 0. The number of hydrogen-bond donors (Lipinski definition) is 2. The number of rotatable bonds is 3. The Morgan fingerprint density at radius 3 is 2.83 bits per heavy atom. The van der Waals surface area contributed by atoms with Gasteiger partial charge in [-0.1, -0.05) is 0 Å². The van der Waals surface area contributed by atoms with Crippen molar-refractivity contribution in [2.75, 3.05) is 26.2 Å². The smallest absolute Gasteiger partial charge is 0.222 e. The van der Waals surface area contributed by atoms with Gasteiger partial charge in [0.1, 0.15) is 0 Å². The number of piperidine rings is 2. The molecule has 18 heavy (non-hydrogen) atoms. The van der Waals surface area contributed by atoms with Crippen molar-refractivity contribution in [1.82, 2.24) is 10.2 Å². The van der Waals surface area contributed by atoms with Crippen LogP contribution in [-0.2, 0) is 4.79 Å². The third-order valence-corrected chi connectivity index (χ3v) is 4.25. The van der Waals surface area contributed by atoms with E-state index in [1.165, 1.54) is 12.8 Å². The highest BCUT2D eigenvalue weighted by Crippen LogP contribution is 2.23. The Balaban J connectivity index is 1.73. The number of nitrogens with one attached hydrogen (secondary N) is 1. The Labute approximate surface area is 110 Å². The van der Waals surface area contributed by atoms with E-state index in [1.54, 1.807) is 0 Å². The lowest BCUT2D eigenvalue weighted by Crippen LogP contribution is -2.48.